The van der Waals surface area contributed by atoms with Crippen molar-refractivity contribution < 1.29 is 14.3 Å². The molecule has 4 rings (SSSR count). The summed E-state index contributed by atoms with van der Waals surface area (Å²) in [4.78, 5) is 40.9. The standard InChI is InChI=1S/C25H26N4O4/c1-3-28-13-14-29(24(31)21-11-12-23(30)27-26-21)22(25(28)32)15-17-7-9-18(10-8-17)19-5-4-6-20(16-19)33-2/h4-12,16,22H,3,13-15H2,1-2H3,(H,27,30). The van der Waals surface area contributed by atoms with Crippen molar-refractivity contribution in [3.05, 3.63) is 82.3 Å². The van der Waals surface area contributed by atoms with Crippen molar-refractivity contribution in [1.29, 1.82) is 0 Å². The molecule has 0 radical (unpaired) electrons. The van der Waals surface area contributed by atoms with E-state index >= 15 is 0 Å². The molecule has 8 heteroatoms. The number of methoxy groups -OCH3 is 1. The van der Waals surface area contributed by atoms with Crippen LogP contribution in [-0.4, -0.2) is 64.6 Å². The van der Waals surface area contributed by atoms with Gasteiger partial charge in [-0.1, -0.05) is 36.4 Å². The number of carbonyl (C=O) groups excluding carboxylic acids is 2. The quantitative estimate of drug-likeness (QED) is 0.627. The van der Waals surface area contributed by atoms with Crippen molar-refractivity contribution >= 4 is 11.8 Å². The summed E-state index contributed by atoms with van der Waals surface area (Å²) < 4.78 is 5.31. The summed E-state index contributed by atoms with van der Waals surface area (Å²) in [6.07, 6.45) is 0.392. The molecule has 1 aliphatic heterocycles. The fraction of sp³-hybridized carbons (Fsp3) is 0.280. The molecule has 1 aromatic heterocycles. The van der Waals surface area contributed by atoms with Gasteiger partial charge < -0.3 is 14.5 Å². The number of carbonyl (C=O) groups is 2. The zero-order valence-electron chi connectivity index (χ0n) is 18.7. The predicted octanol–water partition coefficient (Wildman–Crippen LogP) is 2.36. The average molecular weight is 447 g/mol. The normalized spacial score (nSPS) is 16.1. The van der Waals surface area contributed by atoms with Gasteiger partial charge in [0.2, 0.25) is 5.91 Å². The Morgan fingerprint density at radius 2 is 1.85 bits per heavy atom. The Kier molecular flexibility index (Phi) is 6.53. The summed E-state index contributed by atoms with van der Waals surface area (Å²) in [6, 6.07) is 17.8. The number of aromatic amines is 1. The van der Waals surface area contributed by atoms with E-state index < -0.39 is 6.04 Å². The number of likely N-dealkylation sites (N-methyl/N-ethyl adjacent to an activating group) is 1. The van der Waals surface area contributed by atoms with Gasteiger partial charge in [0.25, 0.3) is 11.5 Å². The van der Waals surface area contributed by atoms with Crippen LogP contribution in [0.25, 0.3) is 11.1 Å². The Labute approximate surface area is 191 Å². The first-order valence-corrected chi connectivity index (χ1v) is 10.9. The number of ether oxygens (including phenoxy) is 1. The summed E-state index contributed by atoms with van der Waals surface area (Å²) in [5.74, 6) is 0.334. The van der Waals surface area contributed by atoms with Gasteiger partial charge in [-0.2, -0.15) is 5.10 Å². The molecule has 1 fully saturated rings. The highest BCUT2D eigenvalue weighted by Crippen LogP contribution is 2.25. The summed E-state index contributed by atoms with van der Waals surface area (Å²) in [7, 11) is 1.64. The number of nitrogens with one attached hydrogen (secondary N) is 1. The van der Waals surface area contributed by atoms with Crippen LogP contribution in [0.5, 0.6) is 5.75 Å². The summed E-state index contributed by atoms with van der Waals surface area (Å²) in [6.45, 7) is 3.39. The second-order valence-electron chi connectivity index (χ2n) is 7.87. The third-order valence-electron chi connectivity index (χ3n) is 5.91. The molecule has 1 N–H and O–H groups in total. The molecule has 33 heavy (non-hydrogen) atoms. The maximum Gasteiger partial charge on any atom is 0.275 e. The Hall–Kier alpha value is -3.94. The lowest BCUT2D eigenvalue weighted by molar-refractivity contribution is -0.139. The molecule has 2 aromatic carbocycles. The average Bonchev–Trinajstić information content (AvgIpc) is 2.85. The monoisotopic (exact) mass is 446 g/mol. The Balaban J connectivity index is 1.58. The second-order valence-corrected chi connectivity index (χ2v) is 7.87. The highest BCUT2D eigenvalue weighted by Gasteiger charge is 2.37. The van der Waals surface area contributed by atoms with Gasteiger partial charge >= 0.3 is 0 Å². The SMILES string of the molecule is CCN1CCN(C(=O)c2ccc(=O)[nH]n2)C(Cc2ccc(-c3cccc(OC)c3)cc2)C1=O. The van der Waals surface area contributed by atoms with Crippen LogP contribution in [0.4, 0.5) is 0 Å². The minimum Gasteiger partial charge on any atom is -0.497 e. The summed E-state index contributed by atoms with van der Waals surface area (Å²) >= 11 is 0. The molecular formula is C25H26N4O4. The van der Waals surface area contributed by atoms with Crippen LogP contribution in [0.2, 0.25) is 0 Å². The first-order valence-electron chi connectivity index (χ1n) is 10.9. The van der Waals surface area contributed by atoms with Gasteiger partial charge in [0.05, 0.1) is 7.11 Å². The number of amides is 2. The maximum absolute atomic E-state index is 13.2. The maximum atomic E-state index is 13.2. The number of benzene rings is 2. The first kappa shape index (κ1) is 22.3. The number of hydrogen-bond acceptors (Lipinski definition) is 5. The van der Waals surface area contributed by atoms with Crippen molar-refractivity contribution in [3.8, 4) is 16.9 Å². The highest BCUT2D eigenvalue weighted by molar-refractivity contribution is 5.96. The van der Waals surface area contributed by atoms with Crippen LogP contribution >= 0.6 is 0 Å². The Bertz CT molecular complexity index is 1190. The van der Waals surface area contributed by atoms with E-state index in [4.69, 9.17) is 4.74 Å². The van der Waals surface area contributed by atoms with E-state index in [1.165, 1.54) is 12.1 Å². The zero-order valence-corrected chi connectivity index (χ0v) is 18.7. The number of rotatable bonds is 6. The van der Waals surface area contributed by atoms with Gasteiger partial charge in [-0.05, 0) is 41.8 Å². The molecule has 1 saturated heterocycles. The van der Waals surface area contributed by atoms with Crippen LogP contribution in [0.1, 0.15) is 23.0 Å². The molecule has 1 aliphatic rings. The molecule has 0 bridgehead atoms. The van der Waals surface area contributed by atoms with E-state index in [-0.39, 0.29) is 23.1 Å². The fourth-order valence-electron chi connectivity index (χ4n) is 4.06. The summed E-state index contributed by atoms with van der Waals surface area (Å²) in [5.41, 5.74) is 2.75. The summed E-state index contributed by atoms with van der Waals surface area (Å²) in [5, 5.41) is 6.14. The van der Waals surface area contributed by atoms with E-state index in [1.807, 2.05) is 55.5 Å². The van der Waals surface area contributed by atoms with Crippen molar-refractivity contribution in [2.75, 3.05) is 26.7 Å². The number of piperazine rings is 1. The Morgan fingerprint density at radius 3 is 2.52 bits per heavy atom. The minimum absolute atomic E-state index is 0.0848. The largest absolute Gasteiger partial charge is 0.497 e. The third-order valence-corrected chi connectivity index (χ3v) is 5.91. The van der Waals surface area contributed by atoms with Crippen molar-refractivity contribution in [2.45, 2.75) is 19.4 Å². The first-order chi connectivity index (χ1) is 16.0. The molecule has 8 nitrogen and oxygen atoms in total. The van der Waals surface area contributed by atoms with Gasteiger partial charge in [-0.3, -0.25) is 14.4 Å². The molecule has 1 atom stereocenters. The molecule has 0 saturated carbocycles. The Morgan fingerprint density at radius 1 is 1.06 bits per heavy atom. The number of H-pyrrole nitrogens is 1. The van der Waals surface area contributed by atoms with Crippen LogP contribution in [0.3, 0.4) is 0 Å². The highest BCUT2D eigenvalue weighted by atomic mass is 16.5. The van der Waals surface area contributed by atoms with Crippen LogP contribution in [0.15, 0.2) is 65.5 Å². The van der Waals surface area contributed by atoms with Crippen molar-refractivity contribution in [2.24, 2.45) is 0 Å². The van der Waals surface area contributed by atoms with Crippen molar-refractivity contribution in [3.63, 3.8) is 0 Å². The van der Waals surface area contributed by atoms with Gasteiger partial charge in [-0.15, -0.1) is 0 Å². The molecule has 0 spiro atoms. The molecule has 1 unspecified atom stereocenters. The van der Waals surface area contributed by atoms with Crippen LogP contribution in [-0.2, 0) is 11.2 Å². The predicted molar refractivity (Wildman–Crippen MR) is 124 cm³/mol. The number of aromatic nitrogens is 2. The van der Waals surface area contributed by atoms with Gasteiger partial charge in [0.1, 0.15) is 17.5 Å². The molecule has 0 aliphatic carbocycles. The van der Waals surface area contributed by atoms with E-state index in [9.17, 15) is 14.4 Å². The van der Waals surface area contributed by atoms with Crippen LogP contribution < -0.4 is 10.3 Å². The molecule has 170 valence electrons. The number of hydrogen-bond donors (Lipinski definition) is 1. The lowest BCUT2D eigenvalue weighted by Gasteiger charge is -2.40. The van der Waals surface area contributed by atoms with Crippen LogP contribution in [0, 0.1) is 0 Å². The number of nitrogens with zero attached hydrogens (tertiary/aromatic N) is 3. The minimum atomic E-state index is -0.636. The lowest BCUT2D eigenvalue weighted by atomic mass is 9.98. The van der Waals surface area contributed by atoms with E-state index in [0.29, 0.717) is 26.1 Å². The van der Waals surface area contributed by atoms with Gasteiger partial charge in [-0.25, -0.2) is 5.10 Å². The lowest BCUT2D eigenvalue weighted by Crippen LogP contribution is -2.59. The second kappa shape index (κ2) is 9.68. The zero-order chi connectivity index (χ0) is 23.4. The molecule has 3 aromatic rings. The fourth-order valence-corrected chi connectivity index (χ4v) is 4.06. The smallest absolute Gasteiger partial charge is 0.275 e. The van der Waals surface area contributed by atoms with E-state index in [2.05, 4.69) is 10.2 Å². The molecular weight excluding hydrogens is 420 g/mol. The van der Waals surface area contributed by atoms with Gasteiger partial charge in [0.15, 0.2) is 0 Å². The third kappa shape index (κ3) is 4.79. The molecule has 2 amide bonds. The van der Waals surface area contributed by atoms with E-state index in [1.54, 1.807) is 16.9 Å². The van der Waals surface area contributed by atoms with Crippen molar-refractivity contribution in [1.82, 2.24) is 20.0 Å². The van der Waals surface area contributed by atoms with E-state index in [0.717, 1.165) is 22.4 Å². The van der Waals surface area contributed by atoms with Gasteiger partial charge in [0, 0.05) is 32.1 Å². The molecule has 2 heterocycles. The topological polar surface area (TPSA) is 95.6 Å².